The van der Waals surface area contributed by atoms with Crippen LogP contribution >= 0.6 is 0 Å². The highest BCUT2D eigenvalue weighted by Crippen LogP contribution is 2.18. The van der Waals surface area contributed by atoms with Gasteiger partial charge in [-0.15, -0.1) is 0 Å². The summed E-state index contributed by atoms with van der Waals surface area (Å²) in [5.74, 6) is 0. The van der Waals surface area contributed by atoms with Gasteiger partial charge in [0.05, 0.1) is 0 Å². The molecule has 0 N–H and O–H groups in total. The Morgan fingerprint density at radius 3 is 2.75 bits per heavy atom. The average Bonchev–Trinajstić information content (AvgIpc) is 2.46. The second-order valence-corrected chi connectivity index (χ2v) is 3.36. The Labute approximate surface area is 75.7 Å². The maximum atomic E-state index is 2.35. The van der Waals surface area contributed by atoms with Crippen molar-refractivity contribution in [1.82, 2.24) is 0 Å². The molecule has 0 atom stereocenters. The molecule has 0 bridgehead atoms. The molecule has 0 fully saturated rings. The van der Waals surface area contributed by atoms with Crippen molar-refractivity contribution in [2.24, 2.45) is 0 Å². The normalized spacial score (nSPS) is 18.8. The van der Waals surface area contributed by atoms with Gasteiger partial charge >= 0.3 is 0 Å². The van der Waals surface area contributed by atoms with Crippen molar-refractivity contribution in [3.8, 4) is 0 Å². The van der Waals surface area contributed by atoms with Crippen LogP contribution in [0.15, 0.2) is 35.5 Å². The van der Waals surface area contributed by atoms with Crippen molar-refractivity contribution in [2.75, 3.05) is 0 Å². The molecule has 0 aromatic heterocycles. The lowest BCUT2D eigenvalue weighted by Gasteiger charge is -1.97. The average molecular weight is 162 g/mol. The van der Waals surface area contributed by atoms with Crippen LogP contribution in [0.5, 0.6) is 0 Å². The molecule has 0 heteroatoms. The summed E-state index contributed by atoms with van der Waals surface area (Å²) in [5.41, 5.74) is 2.83. The lowest BCUT2D eigenvalue weighted by Crippen LogP contribution is -1.77. The third-order valence-corrected chi connectivity index (χ3v) is 2.25. The van der Waals surface area contributed by atoms with Crippen LogP contribution in [-0.2, 0) is 0 Å². The Morgan fingerprint density at radius 1 is 1.33 bits per heavy atom. The molecule has 0 unspecified atom stereocenters. The van der Waals surface area contributed by atoms with Crippen LogP contribution in [0.3, 0.4) is 0 Å². The second kappa shape index (κ2) is 4.97. The zero-order valence-electron chi connectivity index (χ0n) is 8.14. The minimum absolute atomic E-state index is 1.23. The minimum atomic E-state index is 1.23. The van der Waals surface area contributed by atoms with Crippen molar-refractivity contribution >= 4 is 0 Å². The quantitative estimate of drug-likeness (QED) is 0.548. The number of hydrogen-bond donors (Lipinski definition) is 0. The van der Waals surface area contributed by atoms with Gasteiger partial charge < -0.3 is 0 Å². The van der Waals surface area contributed by atoms with E-state index in [2.05, 4.69) is 38.2 Å². The van der Waals surface area contributed by atoms with Gasteiger partial charge in [-0.1, -0.05) is 44.1 Å². The predicted molar refractivity (Wildman–Crippen MR) is 55.1 cm³/mol. The summed E-state index contributed by atoms with van der Waals surface area (Å²) < 4.78 is 0. The van der Waals surface area contributed by atoms with Crippen molar-refractivity contribution in [3.63, 3.8) is 0 Å². The van der Waals surface area contributed by atoms with Crippen LogP contribution in [0.2, 0.25) is 0 Å². The molecule has 0 radical (unpaired) electrons. The summed E-state index contributed by atoms with van der Waals surface area (Å²) in [6.07, 6.45) is 14.1. The SMILES string of the molecule is CCCCCC=C1C=CC=C1C. The van der Waals surface area contributed by atoms with Gasteiger partial charge in [0.15, 0.2) is 0 Å². The lowest BCUT2D eigenvalue weighted by atomic mass is 10.1. The number of rotatable bonds is 4. The van der Waals surface area contributed by atoms with E-state index in [-0.39, 0.29) is 0 Å². The van der Waals surface area contributed by atoms with Crippen molar-refractivity contribution in [2.45, 2.75) is 39.5 Å². The number of hydrogen-bond acceptors (Lipinski definition) is 0. The summed E-state index contributed by atoms with van der Waals surface area (Å²) in [6, 6.07) is 0. The fraction of sp³-hybridized carbons (Fsp3) is 0.500. The lowest BCUT2D eigenvalue weighted by molar-refractivity contribution is 0.728. The Kier molecular flexibility index (Phi) is 3.86. The van der Waals surface area contributed by atoms with E-state index in [0.29, 0.717) is 0 Å². The molecule has 0 saturated carbocycles. The largest absolute Gasteiger partial charge is 0.0770 e. The molecule has 0 aromatic carbocycles. The fourth-order valence-electron chi connectivity index (χ4n) is 1.40. The highest BCUT2D eigenvalue weighted by molar-refractivity contribution is 5.46. The van der Waals surface area contributed by atoms with Crippen LogP contribution < -0.4 is 0 Å². The summed E-state index contributed by atoms with van der Waals surface area (Å²) >= 11 is 0. The molecule has 0 amide bonds. The topological polar surface area (TPSA) is 0 Å². The molecule has 1 rings (SSSR count). The van der Waals surface area contributed by atoms with Crippen LogP contribution in [0, 0.1) is 0 Å². The molecular weight excluding hydrogens is 144 g/mol. The third kappa shape index (κ3) is 2.69. The molecule has 0 spiro atoms. The Morgan fingerprint density at radius 2 is 2.17 bits per heavy atom. The maximum absolute atomic E-state index is 2.35. The molecule has 1 aliphatic rings. The van der Waals surface area contributed by atoms with E-state index in [0.717, 1.165) is 0 Å². The Hall–Kier alpha value is -0.780. The summed E-state index contributed by atoms with van der Waals surface area (Å²) in [5, 5.41) is 0. The zero-order valence-corrected chi connectivity index (χ0v) is 8.14. The van der Waals surface area contributed by atoms with Gasteiger partial charge in [-0.3, -0.25) is 0 Å². The van der Waals surface area contributed by atoms with E-state index in [1.54, 1.807) is 0 Å². The Balaban J connectivity index is 2.28. The first kappa shape index (κ1) is 9.31. The van der Waals surface area contributed by atoms with Gasteiger partial charge in [0.1, 0.15) is 0 Å². The third-order valence-electron chi connectivity index (χ3n) is 2.25. The first-order valence-electron chi connectivity index (χ1n) is 4.90. The van der Waals surface area contributed by atoms with E-state index in [4.69, 9.17) is 0 Å². The summed E-state index contributed by atoms with van der Waals surface area (Å²) in [7, 11) is 0. The maximum Gasteiger partial charge on any atom is -0.0267 e. The summed E-state index contributed by atoms with van der Waals surface area (Å²) in [4.78, 5) is 0. The van der Waals surface area contributed by atoms with Crippen molar-refractivity contribution in [3.05, 3.63) is 35.5 Å². The number of unbranched alkanes of at least 4 members (excludes halogenated alkanes) is 3. The van der Waals surface area contributed by atoms with Gasteiger partial charge in [0, 0.05) is 0 Å². The molecule has 0 aliphatic heterocycles. The molecule has 66 valence electrons. The van der Waals surface area contributed by atoms with E-state index in [1.165, 1.54) is 36.8 Å². The summed E-state index contributed by atoms with van der Waals surface area (Å²) in [6.45, 7) is 4.42. The van der Waals surface area contributed by atoms with E-state index in [1.807, 2.05) is 0 Å². The molecule has 12 heavy (non-hydrogen) atoms. The molecule has 0 heterocycles. The van der Waals surface area contributed by atoms with Crippen LogP contribution in [0.4, 0.5) is 0 Å². The van der Waals surface area contributed by atoms with E-state index >= 15 is 0 Å². The molecule has 0 saturated heterocycles. The van der Waals surface area contributed by atoms with Gasteiger partial charge in [-0.05, 0) is 30.9 Å². The fourth-order valence-corrected chi connectivity index (χ4v) is 1.40. The first-order valence-corrected chi connectivity index (χ1v) is 4.90. The monoisotopic (exact) mass is 162 g/mol. The van der Waals surface area contributed by atoms with E-state index < -0.39 is 0 Å². The second-order valence-electron chi connectivity index (χ2n) is 3.36. The van der Waals surface area contributed by atoms with Gasteiger partial charge in [-0.2, -0.15) is 0 Å². The van der Waals surface area contributed by atoms with Crippen LogP contribution in [0.25, 0.3) is 0 Å². The highest BCUT2D eigenvalue weighted by Gasteiger charge is 1.98. The first-order chi connectivity index (χ1) is 5.84. The molecule has 0 nitrogen and oxygen atoms in total. The van der Waals surface area contributed by atoms with Gasteiger partial charge in [0.2, 0.25) is 0 Å². The minimum Gasteiger partial charge on any atom is -0.0770 e. The molecule has 0 aromatic rings. The zero-order chi connectivity index (χ0) is 8.81. The number of allylic oxidation sites excluding steroid dienone is 6. The van der Waals surface area contributed by atoms with E-state index in [9.17, 15) is 0 Å². The predicted octanol–water partition coefficient (Wildman–Crippen LogP) is 4.01. The smallest absolute Gasteiger partial charge is 0.0267 e. The van der Waals surface area contributed by atoms with Gasteiger partial charge in [0.25, 0.3) is 0 Å². The van der Waals surface area contributed by atoms with Crippen molar-refractivity contribution in [1.29, 1.82) is 0 Å². The Bertz CT molecular complexity index is 216. The van der Waals surface area contributed by atoms with Crippen LogP contribution in [-0.4, -0.2) is 0 Å². The molecular formula is C12H18. The molecule has 1 aliphatic carbocycles. The van der Waals surface area contributed by atoms with Gasteiger partial charge in [-0.25, -0.2) is 0 Å². The van der Waals surface area contributed by atoms with Crippen molar-refractivity contribution < 1.29 is 0 Å². The van der Waals surface area contributed by atoms with Crippen LogP contribution in [0.1, 0.15) is 39.5 Å². The highest BCUT2D eigenvalue weighted by atomic mass is 14.0. The standard InChI is InChI=1S/C12H18/c1-3-4-5-6-9-12-10-7-8-11(12)2/h7-10H,3-6H2,1-2H3.